The number of morpholine rings is 1. The largest absolute Gasteiger partial charge is 0.379 e. The quantitative estimate of drug-likeness (QED) is 0.480. The van der Waals surface area contributed by atoms with Crippen LogP contribution < -0.4 is 11.1 Å². The summed E-state index contributed by atoms with van der Waals surface area (Å²) < 4.78 is 5.34. The predicted octanol–water partition coefficient (Wildman–Crippen LogP) is 2.14. The van der Waals surface area contributed by atoms with Gasteiger partial charge >= 0.3 is 0 Å². The minimum Gasteiger partial charge on any atom is -0.379 e. The molecule has 22 heavy (non-hydrogen) atoms. The Morgan fingerprint density at radius 3 is 2.55 bits per heavy atom. The molecule has 0 radical (unpaired) electrons. The highest BCUT2D eigenvalue weighted by atomic mass is 16.5. The summed E-state index contributed by atoms with van der Waals surface area (Å²) in [5.41, 5.74) is 9.40. The van der Waals surface area contributed by atoms with E-state index < -0.39 is 0 Å². The van der Waals surface area contributed by atoms with Crippen molar-refractivity contribution in [3.05, 3.63) is 29.3 Å². The summed E-state index contributed by atoms with van der Waals surface area (Å²) in [6.07, 6.45) is 2.22. The summed E-state index contributed by atoms with van der Waals surface area (Å²) in [6, 6.07) is 6.30. The fourth-order valence-electron chi connectivity index (χ4n) is 2.71. The normalized spacial score (nSPS) is 16.7. The van der Waals surface area contributed by atoms with E-state index in [0.29, 0.717) is 5.96 Å². The molecule has 1 aromatic rings. The maximum Gasteiger partial charge on any atom is 0.193 e. The Kier molecular flexibility index (Phi) is 6.68. The van der Waals surface area contributed by atoms with Crippen LogP contribution in [0.25, 0.3) is 0 Å². The third kappa shape index (κ3) is 6.03. The van der Waals surface area contributed by atoms with Gasteiger partial charge in [0.15, 0.2) is 5.96 Å². The minimum absolute atomic E-state index is 0.497. The van der Waals surface area contributed by atoms with E-state index in [1.165, 1.54) is 11.1 Å². The number of aryl methyl sites for hydroxylation is 2. The van der Waals surface area contributed by atoms with Crippen molar-refractivity contribution in [2.75, 3.05) is 44.7 Å². The van der Waals surface area contributed by atoms with Gasteiger partial charge in [0.25, 0.3) is 0 Å². The van der Waals surface area contributed by atoms with Gasteiger partial charge in [0.1, 0.15) is 0 Å². The molecule has 0 spiro atoms. The van der Waals surface area contributed by atoms with Gasteiger partial charge in [0.2, 0.25) is 0 Å². The van der Waals surface area contributed by atoms with Gasteiger partial charge in [-0.3, -0.25) is 9.89 Å². The van der Waals surface area contributed by atoms with Crippen molar-refractivity contribution < 1.29 is 4.74 Å². The average molecular weight is 304 g/mol. The molecule has 1 aliphatic rings. The van der Waals surface area contributed by atoms with Crippen molar-refractivity contribution in [1.29, 1.82) is 0 Å². The van der Waals surface area contributed by atoms with Gasteiger partial charge in [-0.1, -0.05) is 6.07 Å². The Hall–Kier alpha value is -1.59. The number of anilines is 1. The standard InChI is InChI=1S/C17H28N4O/c1-14-11-15(2)13-16(12-14)20-17(18)19-5-3-4-6-21-7-9-22-10-8-21/h11-13H,3-10H2,1-2H3,(H3,18,19,20). The van der Waals surface area contributed by atoms with Crippen LogP contribution in [-0.4, -0.2) is 50.3 Å². The summed E-state index contributed by atoms with van der Waals surface area (Å²) in [6.45, 7) is 9.90. The second-order valence-corrected chi connectivity index (χ2v) is 5.93. The summed E-state index contributed by atoms with van der Waals surface area (Å²) in [4.78, 5) is 6.85. The molecular formula is C17H28N4O. The van der Waals surface area contributed by atoms with Crippen molar-refractivity contribution in [2.24, 2.45) is 10.7 Å². The van der Waals surface area contributed by atoms with Crippen LogP contribution in [-0.2, 0) is 4.74 Å². The zero-order valence-corrected chi connectivity index (χ0v) is 13.8. The lowest BCUT2D eigenvalue weighted by Crippen LogP contribution is -2.36. The minimum atomic E-state index is 0.497. The lowest BCUT2D eigenvalue weighted by atomic mass is 10.1. The van der Waals surface area contributed by atoms with E-state index in [2.05, 4.69) is 47.3 Å². The van der Waals surface area contributed by atoms with E-state index >= 15 is 0 Å². The number of aliphatic imine (C=N–C) groups is 1. The fraction of sp³-hybridized carbons (Fsp3) is 0.588. The third-order valence-corrected chi connectivity index (χ3v) is 3.76. The molecule has 0 aromatic heterocycles. The molecule has 0 amide bonds. The first kappa shape index (κ1) is 16.8. The molecule has 0 aliphatic carbocycles. The Morgan fingerprint density at radius 2 is 1.86 bits per heavy atom. The molecule has 5 nitrogen and oxygen atoms in total. The Bertz CT molecular complexity index is 475. The maximum atomic E-state index is 5.94. The maximum absolute atomic E-state index is 5.94. The molecule has 3 N–H and O–H groups in total. The highest BCUT2D eigenvalue weighted by Crippen LogP contribution is 2.13. The smallest absolute Gasteiger partial charge is 0.193 e. The third-order valence-electron chi connectivity index (χ3n) is 3.76. The number of nitrogens with zero attached hydrogens (tertiary/aromatic N) is 2. The molecule has 1 saturated heterocycles. The zero-order chi connectivity index (χ0) is 15.8. The topological polar surface area (TPSA) is 62.9 Å². The summed E-state index contributed by atoms with van der Waals surface area (Å²) in [7, 11) is 0. The first-order valence-corrected chi connectivity index (χ1v) is 8.09. The number of nitrogens with two attached hydrogens (primary N) is 1. The average Bonchev–Trinajstić information content (AvgIpc) is 2.47. The van der Waals surface area contributed by atoms with E-state index in [-0.39, 0.29) is 0 Å². The number of unbranched alkanes of at least 4 members (excludes halogenated alkanes) is 1. The van der Waals surface area contributed by atoms with Crippen molar-refractivity contribution in [1.82, 2.24) is 4.90 Å². The summed E-state index contributed by atoms with van der Waals surface area (Å²) in [5, 5.41) is 3.16. The van der Waals surface area contributed by atoms with E-state index in [9.17, 15) is 0 Å². The SMILES string of the molecule is Cc1cc(C)cc(NC(N)=NCCCCN2CCOCC2)c1. The molecule has 1 fully saturated rings. The number of nitrogens with one attached hydrogen (secondary N) is 1. The zero-order valence-electron chi connectivity index (χ0n) is 13.8. The Morgan fingerprint density at radius 1 is 1.18 bits per heavy atom. The number of hydrogen-bond donors (Lipinski definition) is 2. The number of benzene rings is 1. The monoisotopic (exact) mass is 304 g/mol. The molecule has 1 heterocycles. The van der Waals surface area contributed by atoms with Gasteiger partial charge in [-0.25, -0.2) is 0 Å². The highest BCUT2D eigenvalue weighted by molar-refractivity contribution is 5.92. The summed E-state index contributed by atoms with van der Waals surface area (Å²) >= 11 is 0. The number of ether oxygens (including phenoxy) is 1. The molecule has 0 bridgehead atoms. The van der Waals surface area contributed by atoms with Gasteiger partial charge in [-0.15, -0.1) is 0 Å². The lowest BCUT2D eigenvalue weighted by Gasteiger charge is -2.26. The van der Waals surface area contributed by atoms with Gasteiger partial charge in [-0.2, -0.15) is 0 Å². The van der Waals surface area contributed by atoms with Gasteiger partial charge < -0.3 is 15.8 Å². The van der Waals surface area contributed by atoms with E-state index in [1.807, 2.05) is 0 Å². The summed E-state index contributed by atoms with van der Waals surface area (Å²) in [5.74, 6) is 0.497. The first-order valence-electron chi connectivity index (χ1n) is 8.09. The molecule has 1 aliphatic heterocycles. The highest BCUT2D eigenvalue weighted by Gasteiger charge is 2.08. The van der Waals surface area contributed by atoms with Crippen LogP contribution in [0, 0.1) is 13.8 Å². The number of hydrogen-bond acceptors (Lipinski definition) is 3. The van der Waals surface area contributed by atoms with Crippen LogP contribution in [0.3, 0.4) is 0 Å². The lowest BCUT2D eigenvalue weighted by molar-refractivity contribution is 0.0373. The van der Waals surface area contributed by atoms with E-state index in [4.69, 9.17) is 10.5 Å². The van der Waals surface area contributed by atoms with Gasteiger partial charge in [-0.05, 0) is 56.5 Å². The van der Waals surface area contributed by atoms with Gasteiger partial charge in [0.05, 0.1) is 13.2 Å². The van der Waals surface area contributed by atoms with Gasteiger partial charge in [0, 0.05) is 25.3 Å². The van der Waals surface area contributed by atoms with E-state index in [0.717, 1.165) is 57.9 Å². The van der Waals surface area contributed by atoms with Crippen molar-refractivity contribution in [3.8, 4) is 0 Å². The molecule has 1 aromatic carbocycles. The molecule has 5 heteroatoms. The van der Waals surface area contributed by atoms with Crippen LogP contribution in [0.4, 0.5) is 5.69 Å². The number of guanidine groups is 1. The fourth-order valence-corrected chi connectivity index (χ4v) is 2.71. The molecule has 0 unspecified atom stereocenters. The molecule has 2 rings (SSSR count). The number of rotatable bonds is 6. The second-order valence-electron chi connectivity index (χ2n) is 5.93. The van der Waals surface area contributed by atoms with E-state index in [1.54, 1.807) is 0 Å². The van der Waals surface area contributed by atoms with Crippen LogP contribution in [0.1, 0.15) is 24.0 Å². The van der Waals surface area contributed by atoms with Crippen molar-refractivity contribution in [2.45, 2.75) is 26.7 Å². The van der Waals surface area contributed by atoms with Crippen molar-refractivity contribution in [3.63, 3.8) is 0 Å². The van der Waals surface area contributed by atoms with Crippen LogP contribution >= 0.6 is 0 Å². The Balaban J connectivity index is 1.66. The molecule has 0 saturated carbocycles. The van der Waals surface area contributed by atoms with Crippen LogP contribution in [0.15, 0.2) is 23.2 Å². The second kappa shape index (κ2) is 8.76. The van der Waals surface area contributed by atoms with Crippen molar-refractivity contribution >= 4 is 11.6 Å². The molecule has 0 atom stereocenters. The predicted molar refractivity (Wildman–Crippen MR) is 92.5 cm³/mol. The van der Waals surface area contributed by atoms with Crippen LogP contribution in [0.2, 0.25) is 0 Å². The van der Waals surface area contributed by atoms with Crippen LogP contribution in [0.5, 0.6) is 0 Å². The first-order chi connectivity index (χ1) is 10.6. The Labute approximate surface area is 133 Å². The molecular weight excluding hydrogens is 276 g/mol. The molecule has 122 valence electrons.